The van der Waals surface area contributed by atoms with Gasteiger partial charge in [-0.05, 0) is 12.8 Å². The van der Waals surface area contributed by atoms with Crippen LogP contribution in [0, 0.1) is 0 Å². The minimum Gasteiger partial charge on any atom is -0.480 e. The van der Waals surface area contributed by atoms with Gasteiger partial charge in [-0.1, -0.05) is 19.3 Å². The molecular weight excluding hydrogens is 250 g/mol. The molecule has 2 fully saturated rings. The maximum absolute atomic E-state index is 12.4. The summed E-state index contributed by atoms with van der Waals surface area (Å²) in [6, 6.07) is -0.724. The summed E-state index contributed by atoms with van der Waals surface area (Å²) < 4.78 is 10.6. The number of carboxylic acid groups (broad SMARTS) is 1. The lowest BCUT2D eigenvalue weighted by atomic mass is 10.0. The van der Waals surface area contributed by atoms with Crippen molar-refractivity contribution >= 4 is 11.9 Å². The second kappa shape index (κ2) is 6.86. The Kier molecular flexibility index (Phi) is 5.15. The Morgan fingerprint density at radius 1 is 1.11 bits per heavy atom. The monoisotopic (exact) mass is 271 g/mol. The molecule has 0 aromatic heterocycles. The van der Waals surface area contributed by atoms with Crippen molar-refractivity contribution in [2.24, 2.45) is 0 Å². The fourth-order valence-electron chi connectivity index (χ4n) is 2.62. The quantitative estimate of drug-likeness (QED) is 0.798. The molecule has 19 heavy (non-hydrogen) atoms. The number of rotatable bonds is 2. The number of aliphatic carboxylic acids is 1. The van der Waals surface area contributed by atoms with Crippen LogP contribution in [-0.2, 0) is 19.1 Å². The van der Waals surface area contributed by atoms with Crippen LogP contribution in [0.4, 0.5) is 0 Å². The highest BCUT2D eigenvalue weighted by Gasteiger charge is 2.35. The standard InChI is InChI=1S/C13H21NO5/c15-12(11-9-18-7-8-19-11)14-6-4-2-1-3-5-10(14)13(16)17/h10-11H,1-9H2,(H,16,17). The molecule has 6 nitrogen and oxygen atoms in total. The number of hydrogen-bond acceptors (Lipinski definition) is 4. The van der Waals surface area contributed by atoms with Crippen molar-refractivity contribution in [3.05, 3.63) is 0 Å². The van der Waals surface area contributed by atoms with Gasteiger partial charge in [0.1, 0.15) is 6.04 Å². The summed E-state index contributed by atoms with van der Waals surface area (Å²) in [5.74, 6) is -1.17. The van der Waals surface area contributed by atoms with E-state index in [9.17, 15) is 14.7 Å². The number of amides is 1. The number of hydrogen-bond donors (Lipinski definition) is 1. The fraction of sp³-hybridized carbons (Fsp3) is 0.846. The zero-order valence-electron chi connectivity index (χ0n) is 11.0. The van der Waals surface area contributed by atoms with Crippen molar-refractivity contribution in [2.75, 3.05) is 26.4 Å². The number of likely N-dealkylation sites (tertiary alicyclic amines) is 1. The highest BCUT2D eigenvalue weighted by Crippen LogP contribution is 2.19. The molecule has 0 bridgehead atoms. The normalized spacial score (nSPS) is 29.4. The molecule has 108 valence electrons. The lowest BCUT2D eigenvalue weighted by Crippen LogP contribution is -2.52. The Bertz CT molecular complexity index is 327. The zero-order valence-corrected chi connectivity index (χ0v) is 11.0. The predicted molar refractivity (Wildman–Crippen MR) is 66.8 cm³/mol. The topological polar surface area (TPSA) is 76.1 Å². The highest BCUT2D eigenvalue weighted by molar-refractivity contribution is 5.86. The molecule has 2 unspecified atom stereocenters. The van der Waals surface area contributed by atoms with E-state index >= 15 is 0 Å². The molecule has 2 atom stereocenters. The minimum atomic E-state index is -0.924. The van der Waals surface area contributed by atoms with Crippen LogP contribution in [0.25, 0.3) is 0 Å². The third-order valence-electron chi connectivity index (χ3n) is 3.66. The molecule has 0 aromatic carbocycles. The molecule has 0 aliphatic carbocycles. The van der Waals surface area contributed by atoms with Crippen LogP contribution in [0.3, 0.4) is 0 Å². The van der Waals surface area contributed by atoms with Gasteiger partial charge in [0, 0.05) is 6.54 Å². The van der Waals surface area contributed by atoms with Crippen LogP contribution in [0.2, 0.25) is 0 Å². The van der Waals surface area contributed by atoms with Crippen LogP contribution < -0.4 is 0 Å². The van der Waals surface area contributed by atoms with Crippen molar-refractivity contribution in [1.29, 1.82) is 0 Å². The van der Waals surface area contributed by atoms with Gasteiger partial charge in [-0.25, -0.2) is 4.79 Å². The van der Waals surface area contributed by atoms with E-state index in [2.05, 4.69) is 0 Å². The van der Waals surface area contributed by atoms with Gasteiger partial charge >= 0.3 is 5.97 Å². The van der Waals surface area contributed by atoms with E-state index in [-0.39, 0.29) is 12.5 Å². The number of ether oxygens (including phenoxy) is 2. The maximum Gasteiger partial charge on any atom is 0.326 e. The third-order valence-corrected chi connectivity index (χ3v) is 3.66. The zero-order chi connectivity index (χ0) is 13.7. The second-order valence-electron chi connectivity index (χ2n) is 5.02. The summed E-state index contributed by atoms with van der Waals surface area (Å²) >= 11 is 0. The first-order chi connectivity index (χ1) is 9.20. The molecule has 0 radical (unpaired) electrons. The van der Waals surface area contributed by atoms with Crippen molar-refractivity contribution in [1.82, 2.24) is 4.90 Å². The van der Waals surface area contributed by atoms with E-state index in [1.54, 1.807) is 0 Å². The molecule has 0 spiro atoms. The average molecular weight is 271 g/mol. The smallest absolute Gasteiger partial charge is 0.326 e. The number of carbonyl (C=O) groups is 2. The Balaban J connectivity index is 2.06. The second-order valence-corrected chi connectivity index (χ2v) is 5.02. The van der Waals surface area contributed by atoms with Crippen molar-refractivity contribution < 1.29 is 24.2 Å². The first kappa shape index (κ1) is 14.3. The molecule has 2 aliphatic rings. The maximum atomic E-state index is 12.4. The van der Waals surface area contributed by atoms with Crippen LogP contribution in [-0.4, -0.2) is 60.4 Å². The molecule has 0 aromatic rings. The van der Waals surface area contributed by atoms with Crippen molar-refractivity contribution in [3.8, 4) is 0 Å². The molecule has 2 rings (SSSR count). The van der Waals surface area contributed by atoms with Gasteiger partial charge in [-0.3, -0.25) is 4.79 Å². The van der Waals surface area contributed by atoms with Gasteiger partial charge in [0.25, 0.3) is 5.91 Å². The van der Waals surface area contributed by atoms with E-state index in [4.69, 9.17) is 9.47 Å². The predicted octanol–water partition coefficient (Wildman–Crippen LogP) is 0.648. The summed E-state index contributed by atoms with van der Waals surface area (Å²) in [5, 5.41) is 9.31. The Labute approximate surface area is 112 Å². The summed E-state index contributed by atoms with van der Waals surface area (Å²) in [7, 11) is 0. The van der Waals surface area contributed by atoms with Gasteiger partial charge in [0.2, 0.25) is 0 Å². The minimum absolute atomic E-state index is 0.224. The summed E-state index contributed by atoms with van der Waals surface area (Å²) in [5.41, 5.74) is 0. The number of nitrogens with zero attached hydrogens (tertiary/aromatic N) is 1. The van der Waals surface area contributed by atoms with Gasteiger partial charge in [-0.2, -0.15) is 0 Å². The molecule has 1 amide bonds. The number of carbonyl (C=O) groups excluding carboxylic acids is 1. The molecule has 0 saturated carbocycles. The first-order valence-electron chi connectivity index (χ1n) is 6.93. The Hall–Kier alpha value is -1.14. The molecule has 2 aliphatic heterocycles. The fourth-order valence-corrected chi connectivity index (χ4v) is 2.62. The van der Waals surface area contributed by atoms with Crippen LogP contribution in [0.1, 0.15) is 32.1 Å². The summed E-state index contributed by atoms with van der Waals surface area (Å²) in [6.07, 6.45) is 3.66. The Morgan fingerprint density at radius 3 is 2.58 bits per heavy atom. The summed E-state index contributed by atoms with van der Waals surface area (Å²) in [4.78, 5) is 25.2. The lowest BCUT2D eigenvalue weighted by Gasteiger charge is -2.34. The Morgan fingerprint density at radius 2 is 1.89 bits per heavy atom. The first-order valence-corrected chi connectivity index (χ1v) is 6.93. The SMILES string of the molecule is O=C(O)C1CCCCCCN1C(=O)C1COCCO1. The van der Waals surface area contributed by atoms with Crippen molar-refractivity contribution in [2.45, 2.75) is 44.2 Å². The van der Waals surface area contributed by atoms with Gasteiger partial charge in [0.05, 0.1) is 19.8 Å². The van der Waals surface area contributed by atoms with E-state index in [1.165, 1.54) is 4.90 Å². The average Bonchev–Trinajstić information content (AvgIpc) is 2.38. The van der Waals surface area contributed by atoms with Crippen LogP contribution in [0.5, 0.6) is 0 Å². The van der Waals surface area contributed by atoms with Crippen LogP contribution >= 0.6 is 0 Å². The van der Waals surface area contributed by atoms with E-state index in [0.717, 1.165) is 25.7 Å². The molecule has 6 heteroatoms. The lowest BCUT2D eigenvalue weighted by molar-refractivity contribution is -0.166. The third kappa shape index (κ3) is 3.67. The van der Waals surface area contributed by atoms with Gasteiger partial charge < -0.3 is 19.5 Å². The highest BCUT2D eigenvalue weighted by atomic mass is 16.6. The molecular formula is C13H21NO5. The van der Waals surface area contributed by atoms with Gasteiger partial charge in [-0.15, -0.1) is 0 Å². The van der Waals surface area contributed by atoms with Gasteiger partial charge in [0.15, 0.2) is 6.10 Å². The largest absolute Gasteiger partial charge is 0.480 e. The van der Waals surface area contributed by atoms with E-state index in [0.29, 0.717) is 26.2 Å². The van der Waals surface area contributed by atoms with E-state index < -0.39 is 18.1 Å². The molecule has 2 heterocycles. The van der Waals surface area contributed by atoms with E-state index in [1.807, 2.05) is 0 Å². The van der Waals surface area contributed by atoms with Crippen molar-refractivity contribution in [3.63, 3.8) is 0 Å². The van der Waals surface area contributed by atoms with Crippen LogP contribution in [0.15, 0.2) is 0 Å². The summed E-state index contributed by atoms with van der Waals surface area (Å²) in [6.45, 7) is 1.60. The molecule has 2 saturated heterocycles. The molecule has 1 N–H and O–H groups in total. The number of carboxylic acids is 1.